The molecule has 3 rings (SSSR count). The van der Waals surface area contributed by atoms with Crippen molar-refractivity contribution in [2.45, 2.75) is 19.9 Å². The van der Waals surface area contributed by atoms with E-state index in [1.807, 2.05) is 21.0 Å². The first kappa shape index (κ1) is 18.3. The van der Waals surface area contributed by atoms with Gasteiger partial charge in [0, 0.05) is 6.54 Å². The van der Waals surface area contributed by atoms with Gasteiger partial charge in [-0.3, -0.25) is 4.79 Å². The number of nitrogen functional groups attached to an aromatic ring is 1. The molecule has 26 heavy (non-hydrogen) atoms. The summed E-state index contributed by atoms with van der Waals surface area (Å²) in [4.78, 5) is 24.5. The summed E-state index contributed by atoms with van der Waals surface area (Å²) in [6, 6.07) is 8.48. The van der Waals surface area contributed by atoms with Gasteiger partial charge in [-0.2, -0.15) is 0 Å². The number of benzene rings is 1. The smallest absolute Gasteiger partial charge is 0.261 e. The molecule has 0 fully saturated rings. The molecule has 0 saturated heterocycles. The minimum absolute atomic E-state index is 0.0964. The molecule has 0 bridgehead atoms. The number of rotatable bonds is 5. The average molecular weight is 369 g/mol. The third-order valence-electron chi connectivity index (χ3n) is 4.50. The Kier molecular flexibility index (Phi) is 5.20. The summed E-state index contributed by atoms with van der Waals surface area (Å²) in [6.45, 7) is 4.47. The first-order valence-corrected chi connectivity index (χ1v) is 9.21. The van der Waals surface area contributed by atoms with Crippen molar-refractivity contribution in [1.82, 2.24) is 20.2 Å². The lowest BCUT2D eigenvalue weighted by Crippen LogP contribution is -2.34. The molecule has 0 aliphatic carbocycles. The summed E-state index contributed by atoms with van der Waals surface area (Å²) < 4.78 is 0. The fourth-order valence-corrected chi connectivity index (χ4v) is 4.05. The van der Waals surface area contributed by atoms with E-state index in [0.29, 0.717) is 17.2 Å². The summed E-state index contributed by atoms with van der Waals surface area (Å²) in [5.74, 6) is 0.303. The predicted molar refractivity (Wildman–Crippen MR) is 107 cm³/mol. The first-order valence-electron chi connectivity index (χ1n) is 8.39. The first-order chi connectivity index (χ1) is 12.4. The number of likely N-dealkylation sites (N-methyl/N-ethyl adjacent to an activating group) is 1. The molecular weight excluding hydrogens is 346 g/mol. The van der Waals surface area contributed by atoms with E-state index < -0.39 is 0 Å². The van der Waals surface area contributed by atoms with Gasteiger partial charge in [-0.05, 0) is 39.1 Å². The second-order valence-electron chi connectivity index (χ2n) is 6.60. The zero-order chi connectivity index (χ0) is 18.8. The summed E-state index contributed by atoms with van der Waals surface area (Å²) in [7, 11) is 4.02. The highest BCUT2D eigenvalue weighted by atomic mass is 32.1. The van der Waals surface area contributed by atoms with Crippen LogP contribution in [0.15, 0.2) is 30.6 Å². The van der Waals surface area contributed by atoms with Gasteiger partial charge in [0.2, 0.25) is 0 Å². The molecule has 2 heterocycles. The highest BCUT2D eigenvalue weighted by molar-refractivity contribution is 7.20. The zero-order valence-electron chi connectivity index (χ0n) is 15.4. The maximum Gasteiger partial charge on any atom is 0.261 e. The zero-order valence-corrected chi connectivity index (χ0v) is 16.2. The SMILES string of the molecule is Cc1ccc(C(CNC(=O)c2sc3ncnc(N)c3c2C)N(C)C)cc1. The highest BCUT2D eigenvalue weighted by Gasteiger charge is 2.20. The van der Waals surface area contributed by atoms with Crippen molar-refractivity contribution in [3.8, 4) is 0 Å². The molecule has 0 saturated carbocycles. The number of anilines is 1. The summed E-state index contributed by atoms with van der Waals surface area (Å²) in [6.07, 6.45) is 1.43. The highest BCUT2D eigenvalue weighted by Crippen LogP contribution is 2.32. The number of carbonyl (C=O) groups is 1. The van der Waals surface area contributed by atoms with E-state index in [0.717, 1.165) is 15.8 Å². The number of aryl methyl sites for hydroxylation is 2. The molecule has 0 radical (unpaired) electrons. The van der Waals surface area contributed by atoms with Crippen molar-refractivity contribution in [2.75, 3.05) is 26.4 Å². The van der Waals surface area contributed by atoms with E-state index in [1.165, 1.54) is 28.8 Å². The molecule has 0 aliphatic heterocycles. The fourth-order valence-electron chi connectivity index (χ4n) is 2.97. The maximum atomic E-state index is 12.8. The van der Waals surface area contributed by atoms with Crippen LogP contribution in [0.1, 0.15) is 32.4 Å². The standard InChI is InChI=1S/C19H23N5OS/c1-11-5-7-13(8-6-11)14(24(3)4)9-21-18(25)16-12(2)15-17(20)22-10-23-19(15)26-16/h5-8,10,14H,9H2,1-4H3,(H,21,25)(H2,20,22,23). The lowest BCUT2D eigenvalue weighted by atomic mass is 10.0. The average Bonchev–Trinajstić information content (AvgIpc) is 2.94. The van der Waals surface area contributed by atoms with Gasteiger partial charge >= 0.3 is 0 Å². The van der Waals surface area contributed by atoms with Crippen LogP contribution < -0.4 is 11.1 Å². The molecule has 1 unspecified atom stereocenters. The van der Waals surface area contributed by atoms with Crippen LogP contribution in [0.4, 0.5) is 5.82 Å². The van der Waals surface area contributed by atoms with Crippen molar-refractivity contribution in [2.24, 2.45) is 0 Å². The Labute approximate surface area is 157 Å². The third-order valence-corrected chi connectivity index (χ3v) is 5.70. The Morgan fingerprint density at radius 2 is 1.92 bits per heavy atom. The molecule has 3 N–H and O–H groups in total. The van der Waals surface area contributed by atoms with Gasteiger partial charge in [0.05, 0.1) is 16.3 Å². The van der Waals surface area contributed by atoms with Crippen LogP contribution in [0.5, 0.6) is 0 Å². The van der Waals surface area contributed by atoms with Gasteiger partial charge in [-0.15, -0.1) is 11.3 Å². The Morgan fingerprint density at radius 3 is 2.54 bits per heavy atom. The normalized spacial score (nSPS) is 12.5. The maximum absolute atomic E-state index is 12.8. The van der Waals surface area contributed by atoms with Crippen molar-refractivity contribution >= 4 is 33.3 Å². The molecule has 3 aromatic rings. The summed E-state index contributed by atoms with van der Waals surface area (Å²) >= 11 is 1.35. The molecule has 0 aliphatic rings. The number of fused-ring (bicyclic) bond motifs is 1. The van der Waals surface area contributed by atoms with Crippen LogP contribution in [-0.4, -0.2) is 41.4 Å². The molecule has 1 aromatic carbocycles. The van der Waals surface area contributed by atoms with Crippen molar-refractivity contribution < 1.29 is 4.79 Å². The minimum atomic E-state index is -0.108. The van der Waals surface area contributed by atoms with E-state index in [4.69, 9.17) is 5.73 Å². The minimum Gasteiger partial charge on any atom is -0.383 e. The van der Waals surface area contributed by atoms with Crippen LogP contribution in [-0.2, 0) is 0 Å². The van der Waals surface area contributed by atoms with Crippen LogP contribution in [0.25, 0.3) is 10.2 Å². The fraction of sp³-hybridized carbons (Fsp3) is 0.316. The van der Waals surface area contributed by atoms with Gasteiger partial charge in [0.1, 0.15) is 17.0 Å². The quantitative estimate of drug-likeness (QED) is 0.722. The number of nitrogens with two attached hydrogens (primary N) is 1. The number of nitrogens with zero attached hydrogens (tertiary/aromatic N) is 3. The number of hydrogen-bond donors (Lipinski definition) is 2. The number of nitrogens with one attached hydrogen (secondary N) is 1. The molecule has 0 spiro atoms. The van der Waals surface area contributed by atoms with Crippen LogP contribution in [0.3, 0.4) is 0 Å². The Bertz CT molecular complexity index is 933. The van der Waals surface area contributed by atoms with Crippen LogP contribution >= 0.6 is 11.3 Å². The van der Waals surface area contributed by atoms with Crippen LogP contribution in [0, 0.1) is 13.8 Å². The van der Waals surface area contributed by atoms with E-state index in [-0.39, 0.29) is 11.9 Å². The summed E-state index contributed by atoms with van der Waals surface area (Å²) in [5.41, 5.74) is 9.16. The van der Waals surface area contributed by atoms with Crippen molar-refractivity contribution in [3.05, 3.63) is 52.2 Å². The second-order valence-corrected chi connectivity index (χ2v) is 7.59. The lowest BCUT2D eigenvalue weighted by molar-refractivity contribution is 0.0945. The molecule has 1 atom stereocenters. The number of amides is 1. The van der Waals surface area contributed by atoms with Gasteiger partial charge in [0.15, 0.2) is 0 Å². The number of aromatic nitrogens is 2. The predicted octanol–water partition coefficient (Wildman–Crippen LogP) is 2.92. The van der Waals surface area contributed by atoms with Gasteiger partial charge < -0.3 is 16.0 Å². The number of carbonyl (C=O) groups excluding carboxylic acids is 1. The largest absolute Gasteiger partial charge is 0.383 e. The second kappa shape index (κ2) is 7.39. The molecule has 1 amide bonds. The molecule has 7 heteroatoms. The topological polar surface area (TPSA) is 84.1 Å². The number of hydrogen-bond acceptors (Lipinski definition) is 6. The molecule has 136 valence electrons. The monoisotopic (exact) mass is 369 g/mol. The Morgan fingerprint density at radius 1 is 1.23 bits per heavy atom. The van der Waals surface area contributed by atoms with E-state index in [1.54, 1.807) is 0 Å². The third kappa shape index (κ3) is 3.54. The van der Waals surface area contributed by atoms with Crippen molar-refractivity contribution in [3.63, 3.8) is 0 Å². The Hall–Kier alpha value is -2.51. The Balaban J connectivity index is 1.80. The van der Waals surface area contributed by atoms with Gasteiger partial charge in [-0.1, -0.05) is 29.8 Å². The lowest BCUT2D eigenvalue weighted by Gasteiger charge is -2.25. The van der Waals surface area contributed by atoms with Crippen molar-refractivity contribution in [1.29, 1.82) is 0 Å². The van der Waals surface area contributed by atoms with E-state index in [9.17, 15) is 4.79 Å². The molecule has 2 aromatic heterocycles. The molecule has 6 nitrogen and oxygen atoms in total. The van der Waals surface area contributed by atoms with E-state index >= 15 is 0 Å². The molecular formula is C19H23N5OS. The number of thiophene rings is 1. The van der Waals surface area contributed by atoms with Gasteiger partial charge in [-0.25, -0.2) is 9.97 Å². The van der Waals surface area contributed by atoms with Gasteiger partial charge in [0.25, 0.3) is 5.91 Å². The summed E-state index contributed by atoms with van der Waals surface area (Å²) in [5, 5.41) is 3.82. The van der Waals surface area contributed by atoms with Crippen LogP contribution in [0.2, 0.25) is 0 Å². The van der Waals surface area contributed by atoms with E-state index in [2.05, 4.69) is 51.4 Å².